The lowest BCUT2D eigenvalue weighted by Gasteiger charge is -2.12. The summed E-state index contributed by atoms with van der Waals surface area (Å²) < 4.78 is 21.4. The van der Waals surface area contributed by atoms with Crippen molar-refractivity contribution in [2.24, 2.45) is 5.14 Å². The highest BCUT2D eigenvalue weighted by atomic mass is 32.2. The summed E-state index contributed by atoms with van der Waals surface area (Å²) in [7, 11) is -3.31. The fourth-order valence-corrected chi connectivity index (χ4v) is 2.34. The van der Waals surface area contributed by atoms with Gasteiger partial charge < -0.3 is 5.32 Å². The number of primary sulfonamides is 1. The molecular formula is C13H22N2O2S. The maximum Gasteiger partial charge on any atom is 0.209 e. The van der Waals surface area contributed by atoms with Crippen LogP contribution in [0.2, 0.25) is 0 Å². The van der Waals surface area contributed by atoms with Gasteiger partial charge in [-0.1, -0.05) is 37.3 Å². The van der Waals surface area contributed by atoms with Gasteiger partial charge in [0.05, 0.1) is 5.75 Å². The minimum absolute atomic E-state index is 0.0498. The first-order valence-electron chi connectivity index (χ1n) is 6.25. The third-order valence-electron chi connectivity index (χ3n) is 2.91. The molecule has 0 aliphatic carbocycles. The van der Waals surface area contributed by atoms with Crippen LogP contribution in [-0.2, 0) is 10.0 Å². The molecule has 1 atom stereocenters. The van der Waals surface area contributed by atoms with Crippen molar-refractivity contribution in [3.8, 4) is 0 Å². The fourth-order valence-electron chi connectivity index (χ4n) is 1.79. The van der Waals surface area contributed by atoms with Gasteiger partial charge in [0.2, 0.25) is 10.0 Å². The number of nitrogens with two attached hydrogens (primary N) is 1. The molecule has 0 amide bonds. The van der Waals surface area contributed by atoms with E-state index in [-0.39, 0.29) is 5.75 Å². The topological polar surface area (TPSA) is 72.2 Å². The van der Waals surface area contributed by atoms with E-state index in [4.69, 9.17) is 5.14 Å². The molecule has 102 valence electrons. The van der Waals surface area contributed by atoms with Crippen molar-refractivity contribution < 1.29 is 8.42 Å². The van der Waals surface area contributed by atoms with Gasteiger partial charge in [-0.25, -0.2) is 13.6 Å². The first-order valence-corrected chi connectivity index (χ1v) is 7.97. The second kappa shape index (κ2) is 7.51. The molecule has 1 aromatic carbocycles. The highest BCUT2D eigenvalue weighted by Crippen LogP contribution is 2.17. The van der Waals surface area contributed by atoms with Crippen LogP contribution in [0.1, 0.15) is 31.2 Å². The molecule has 1 unspecified atom stereocenters. The van der Waals surface area contributed by atoms with E-state index in [0.717, 1.165) is 13.0 Å². The Hall–Kier alpha value is -0.910. The lowest BCUT2D eigenvalue weighted by atomic mass is 9.98. The van der Waals surface area contributed by atoms with E-state index in [1.165, 1.54) is 5.56 Å². The van der Waals surface area contributed by atoms with Crippen LogP contribution < -0.4 is 10.5 Å². The summed E-state index contributed by atoms with van der Waals surface area (Å²) in [5, 5.41) is 8.16. The summed E-state index contributed by atoms with van der Waals surface area (Å²) >= 11 is 0. The summed E-state index contributed by atoms with van der Waals surface area (Å²) in [6.07, 6.45) is 1.61. The molecule has 0 radical (unpaired) electrons. The molecule has 1 aromatic rings. The monoisotopic (exact) mass is 270 g/mol. The van der Waals surface area contributed by atoms with Gasteiger partial charge in [-0.2, -0.15) is 0 Å². The highest BCUT2D eigenvalue weighted by Gasteiger charge is 2.04. The Kier molecular flexibility index (Phi) is 6.32. The summed E-state index contributed by atoms with van der Waals surface area (Å²) in [5.74, 6) is 0.561. The molecule has 1 rings (SSSR count). The Morgan fingerprint density at radius 2 is 1.89 bits per heavy atom. The zero-order valence-corrected chi connectivity index (χ0v) is 11.6. The zero-order valence-electron chi connectivity index (χ0n) is 10.8. The van der Waals surface area contributed by atoms with Crippen LogP contribution in [0, 0.1) is 0 Å². The Balaban J connectivity index is 2.12. The molecule has 5 heteroatoms. The van der Waals surface area contributed by atoms with Crippen molar-refractivity contribution in [2.75, 3.05) is 18.8 Å². The van der Waals surface area contributed by atoms with Crippen molar-refractivity contribution in [3.63, 3.8) is 0 Å². The number of benzene rings is 1. The van der Waals surface area contributed by atoms with Gasteiger partial charge in [-0.3, -0.25) is 0 Å². The summed E-state index contributed by atoms with van der Waals surface area (Å²) in [6.45, 7) is 3.78. The molecule has 4 nitrogen and oxygen atoms in total. The van der Waals surface area contributed by atoms with E-state index < -0.39 is 10.0 Å². The van der Waals surface area contributed by atoms with Gasteiger partial charge in [0.15, 0.2) is 0 Å². The zero-order chi connectivity index (χ0) is 13.4. The Labute approximate surface area is 110 Å². The second-order valence-corrected chi connectivity index (χ2v) is 6.30. The molecule has 0 aliphatic rings. The van der Waals surface area contributed by atoms with Crippen LogP contribution >= 0.6 is 0 Å². The molecular weight excluding hydrogens is 248 g/mol. The number of rotatable bonds is 8. The van der Waals surface area contributed by atoms with Crippen molar-refractivity contribution in [1.82, 2.24) is 5.32 Å². The Morgan fingerprint density at radius 3 is 2.50 bits per heavy atom. The average molecular weight is 270 g/mol. The molecule has 0 fully saturated rings. The average Bonchev–Trinajstić information content (AvgIpc) is 2.33. The molecule has 0 bridgehead atoms. The maximum atomic E-state index is 10.7. The van der Waals surface area contributed by atoms with Gasteiger partial charge in [0.25, 0.3) is 0 Å². The second-order valence-electron chi connectivity index (χ2n) is 4.57. The predicted molar refractivity (Wildman–Crippen MR) is 74.9 cm³/mol. The number of hydrogen-bond donors (Lipinski definition) is 2. The molecule has 0 spiro atoms. The number of sulfonamides is 1. The van der Waals surface area contributed by atoms with Gasteiger partial charge in [0, 0.05) is 0 Å². The Morgan fingerprint density at radius 1 is 1.22 bits per heavy atom. The lowest BCUT2D eigenvalue weighted by Crippen LogP contribution is -2.23. The quantitative estimate of drug-likeness (QED) is 0.702. The lowest BCUT2D eigenvalue weighted by molar-refractivity contribution is 0.576. The number of nitrogens with one attached hydrogen (secondary N) is 1. The predicted octanol–water partition coefficient (Wildman–Crippen LogP) is 1.45. The molecule has 0 saturated heterocycles. The first-order chi connectivity index (χ1) is 8.49. The molecule has 0 saturated carbocycles. The van der Waals surface area contributed by atoms with E-state index in [2.05, 4.69) is 24.4 Å². The smallest absolute Gasteiger partial charge is 0.209 e. The minimum Gasteiger partial charge on any atom is -0.317 e. The first kappa shape index (κ1) is 15.1. The van der Waals surface area contributed by atoms with E-state index in [1.807, 2.05) is 18.2 Å². The van der Waals surface area contributed by atoms with E-state index in [0.29, 0.717) is 18.9 Å². The van der Waals surface area contributed by atoms with Crippen LogP contribution in [0.4, 0.5) is 0 Å². The van der Waals surface area contributed by atoms with Crippen LogP contribution in [-0.4, -0.2) is 27.3 Å². The maximum absolute atomic E-state index is 10.7. The summed E-state index contributed by atoms with van der Waals surface area (Å²) in [4.78, 5) is 0. The molecule has 0 aromatic heterocycles. The van der Waals surface area contributed by atoms with Crippen LogP contribution in [0.15, 0.2) is 30.3 Å². The summed E-state index contributed by atoms with van der Waals surface area (Å²) in [6, 6.07) is 10.4. The van der Waals surface area contributed by atoms with Crippen molar-refractivity contribution in [3.05, 3.63) is 35.9 Å². The molecule has 0 heterocycles. The Bertz CT molecular complexity index is 432. The van der Waals surface area contributed by atoms with Crippen molar-refractivity contribution in [2.45, 2.75) is 25.7 Å². The summed E-state index contributed by atoms with van der Waals surface area (Å²) in [5.41, 5.74) is 1.34. The van der Waals surface area contributed by atoms with Crippen molar-refractivity contribution >= 4 is 10.0 Å². The van der Waals surface area contributed by atoms with E-state index in [9.17, 15) is 8.42 Å². The minimum atomic E-state index is -3.31. The van der Waals surface area contributed by atoms with Crippen LogP contribution in [0.3, 0.4) is 0 Å². The van der Waals surface area contributed by atoms with Crippen LogP contribution in [0.5, 0.6) is 0 Å². The SMILES string of the molecule is CC(CCNCCCS(N)(=O)=O)c1ccccc1. The fraction of sp³-hybridized carbons (Fsp3) is 0.538. The van der Waals surface area contributed by atoms with Gasteiger partial charge in [-0.15, -0.1) is 0 Å². The molecule has 18 heavy (non-hydrogen) atoms. The third-order valence-corrected chi connectivity index (χ3v) is 3.76. The van der Waals surface area contributed by atoms with Gasteiger partial charge in [0.1, 0.15) is 0 Å². The normalized spacial score (nSPS) is 13.4. The largest absolute Gasteiger partial charge is 0.317 e. The molecule has 3 N–H and O–H groups in total. The number of hydrogen-bond acceptors (Lipinski definition) is 3. The highest BCUT2D eigenvalue weighted by molar-refractivity contribution is 7.89. The standard InChI is InChI=1S/C13H22N2O2S/c1-12(13-6-3-2-4-7-13)8-10-15-9-5-11-18(14,16)17/h2-4,6-7,12,15H,5,8-11H2,1H3,(H2,14,16,17). The van der Waals surface area contributed by atoms with Gasteiger partial charge in [-0.05, 0) is 37.4 Å². The third kappa shape index (κ3) is 6.74. The molecule has 0 aliphatic heterocycles. The van der Waals surface area contributed by atoms with Crippen molar-refractivity contribution in [1.29, 1.82) is 0 Å². The van der Waals surface area contributed by atoms with Gasteiger partial charge >= 0.3 is 0 Å². The van der Waals surface area contributed by atoms with Crippen LogP contribution in [0.25, 0.3) is 0 Å². The van der Waals surface area contributed by atoms with E-state index >= 15 is 0 Å². The van der Waals surface area contributed by atoms with E-state index in [1.54, 1.807) is 0 Å².